The van der Waals surface area contributed by atoms with Crippen LogP contribution in [0, 0.1) is 0 Å². The number of allylic oxidation sites excluding steroid dienone is 10. The van der Waals surface area contributed by atoms with Gasteiger partial charge < -0.3 is 18.9 Å². The van der Waals surface area contributed by atoms with E-state index in [-0.39, 0.29) is 25.6 Å². The molecule has 0 aromatic rings. The van der Waals surface area contributed by atoms with Crippen molar-refractivity contribution >= 4 is 19.8 Å². The first-order chi connectivity index (χ1) is 35.5. The summed E-state index contributed by atoms with van der Waals surface area (Å²) in [6.07, 6.45) is 70.5. The van der Waals surface area contributed by atoms with Gasteiger partial charge in [0, 0.05) is 12.8 Å². The Morgan fingerprint density at radius 3 is 1.16 bits per heavy atom. The number of phosphoric ester groups is 1. The van der Waals surface area contributed by atoms with Crippen LogP contribution < -0.4 is 0 Å². The van der Waals surface area contributed by atoms with Crippen molar-refractivity contribution in [3.63, 3.8) is 0 Å². The molecule has 0 aromatic heterocycles. The molecule has 1 N–H and O–H groups in total. The lowest BCUT2D eigenvalue weighted by molar-refractivity contribution is -0.870. The Labute approximate surface area is 451 Å². The molecule has 0 aliphatic rings. The first-order valence-corrected chi connectivity index (χ1v) is 32.0. The van der Waals surface area contributed by atoms with Gasteiger partial charge in [0.2, 0.25) is 0 Å². The predicted octanol–water partition coefficient (Wildman–Crippen LogP) is 19.1. The van der Waals surface area contributed by atoms with Gasteiger partial charge in [0.1, 0.15) is 19.8 Å². The molecule has 9 nitrogen and oxygen atoms in total. The van der Waals surface area contributed by atoms with Crippen LogP contribution in [0.4, 0.5) is 0 Å². The van der Waals surface area contributed by atoms with Crippen LogP contribution in [0.15, 0.2) is 60.8 Å². The Balaban J connectivity index is 3.85. The summed E-state index contributed by atoms with van der Waals surface area (Å²) in [4.78, 5) is 35.5. The molecule has 0 rings (SSSR count). The Morgan fingerprint density at radius 2 is 0.781 bits per heavy atom. The summed E-state index contributed by atoms with van der Waals surface area (Å²) in [6, 6.07) is 0. The Kier molecular flexibility index (Phi) is 52.8. The van der Waals surface area contributed by atoms with E-state index in [0.29, 0.717) is 23.9 Å². The second-order valence-corrected chi connectivity index (χ2v) is 23.2. The van der Waals surface area contributed by atoms with Crippen molar-refractivity contribution in [2.75, 3.05) is 47.5 Å². The number of phosphoric acid groups is 1. The monoisotopic (exact) mass is 1050 g/mol. The molecule has 0 fully saturated rings. The van der Waals surface area contributed by atoms with Crippen molar-refractivity contribution in [1.82, 2.24) is 0 Å². The first-order valence-electron chi connectivity index (χ1n) is 30.5. The highest BCUT2D eigenvalue weighted by molar-refractivity contribution is 7.47. The normalized spacial score (nSPS) is 13.7. The number of esters is 2. The van der Waals surface area contributed by atoms with Crippen LogP contribution in [0.25, 0.3) is 0 Å². The van der Waals surface area contributed by atoms with Gasteiger partial charge in [-0.1, -0.05) is 267 Å². The second kappa shape index (κ2) is 54.5. The molecule has 2 unspecified atom stereocenters. The molecular formula is C63H117NO8P+. The number of nitrogens with zero attached hydrogens (tertiary/aromatic N) is 1. The number of ether oxygens (including phenoxy) is 2. The molecule has 0 bridgehead atoms. The van der Waals surface area contributed by atoms with Crippen LogP contribution in [0.2, 0.25) is 0 Å². The third-order valence-corrected chi connectivity index (χ3v) is 14.3. The number of quaternary nitrogens is 1. The standard InChI is InChI=1S/C63H116NO8P/c1-6-8-10-12-14-16-18-19-20-21-22-23-24-25-26-27-28-29-30-31-32-33-34-35-36-37-38-39-40-41-42-43-44-45-46-48-50-52-54-56-63(66)72-61(60-71-73(67,68)70-58-57-64(3,4)5)59-69-62(65)55-53-51-49-47-17-15-13-11-9-7-2/h8,10,14,16,19-20,22-23,25-26,61H,6-7,9,11-13,15,17-18,21,24,27-60H2,1-5H3/p+1/b10-8-,16-14-,20-19-,23-22-,26-25-. The van der Waals surface area contributed by atoms with Crippen molar-refractivity contribution in [3.8, 4) is 0 Å². The van der Waals surface area contributed by atoms with Gasteiger partial charge >= 0.3 is 19.8 Å². The summed E-state index contributed by atoms with van der Waals surface area (Å²) in [6.45, 7) is 4.33. The van der Waals surface area contributed by atoms with Gasteiger partial charge in [-0.05, 0) is 57.8 Å². The lowest BCUT2D eigenvalue weighted by atomic mass is 10.0. The average molecular weight is 1050 g/mol. The highest BCUT2D eigenvalue weighted by atomic mass is 31.2. The van der Waals surface area contributed by atoms with Crippen LogP contribution in [-0.2, 0) is 32.7 Å². The number of hydrogen-bond acceptors (Lipinski definition) is 7. The number of carbonyl (C=O) groups excluding carboxylic acids is 2. The lowest BCUT2D eigenvalue weighted by Crippen LogP contribution is -2.37. The van der Waals surface area contributed by atoms with E-state index >= 15 is 0 Å². The molecule has 2 atom stereocenters. The largest absolute Gasteiger partial charge is 0.472 e. The van der Waals surface area contributed by atoms with Crippen molar-refractivity contribution in [2.24, 2.45) is 0 Å². The van der Waals surface area contributed by atoms with Gasteiger partial charge in [-0.2, -0.15) is 0 Å². The molecule has 73 heavy (non-hydrogen) atoms. The van der Waals surface area contributed by atoms with Crippen LogP contribution >= 0.6 is 7.82 Å². The van der Waals surface area contributed by atoms with Crippen LogP contribution in [0.5, 0.6) is 0 Å². The third kappa shape index (κ3) is 58.8. The molecule has 0 heterocycles. The van der Waals surface area contributed by atoms with E-state index in [4.69, 9.17) is 18.5 Å². The zero-order chi connectivity index (χ0) is 53.5. The molecule has 426 valence electrons. The molecule has 0 aliphatic heterocycles. The van der Waals surface area contributed by atoms with Crippen molar-refractivity contribution in [1.29, 1.82) is 0 Å². The quantitative estimate of drug-likeness (QED) is 0.0211. The second-order valence-electron chi connectivity index (χ2n) is 21.7. The Bertz CT molecular complexity index is 1420. The number of hydrogen-bond donors (Lipinski definition) is 1. The maximum Gasteiger partial charge on any atom is 0.472 e. The predicted molar refractivity (Wildman–Crippen MR) is 312 cm³/mol. The first kappa shape index (κ1) is 70.7. The highest BCUT2D eigenvalue weighted by Gasteiger charge is 2.27. The zero-order valence-electron chi connectivity index (χ0n) is 48.4. The van der Waals surface area contributed by atoms with E-state index in [1.165, 1.54) is 180 Å². The molecule has 0 aliphatic carbocycles. The van der Waals surface area contributed by atoms with Crippen LogP contribution in [0.3, 0.4) is 0 Å². The minimum Gasteiger partial charge on any atom is -0.462 e. The molecule has 0 spiro atoms. The topological polar surface area (TPSA) is 108 Å². The van der Waals surface area contributed by atoms with E-state index in [0.717, 1.165) is 64.2 Å². The van der Waals surface area contributed by atoms with E-state index in [1.54, 1.807) is 0 Å². The molecule has 0 saturated carbocycles. The summed E-state index contributed by atoms with van der Waals surface area (Å²) in [5.74, 6) is -0.787. The van der Waals surface area contributed by atoms with Crippen LogP contribution in [0.1, 0.15) is 277 Å². The van der Waals surface area contributed by atoms with E-state index < -0.39 is 26.5 Å². The summed E-state index contributed by atoms with van der Waals surface area (Å²) < 4.78 is 34.5. The van der Waals surface area contributed by atoms with Crippen molar-refractivity contribution in [2.45, 2.75) is 283 Å². The van der Waals surface area contributed by atoms with Crippen molar-refractivity contribution in [3.05, 3.63) is 60.8 Å². The molecule has 0 radical (unpaired) electrons. The smallest absolute Gasteiger partial charge is 0.462 e. The van der Waals surface area contributed by atoms with Gasteiger partial charge in [0.15, 0.2) is 6.10 Å². The van der Waals surface area contributed by atoms with E-state index in [9.17, 15) is 19.0 Å². The average Bonchev–Trinajstić information content (AvgIpc) is 3.35. The fraction of sp³-hybridized carbons (Fsp3) is 0.810. The third-order valence-electron chi connectivity index (χ3n) is 13.3. The minimum absolute atomic E-state index is 0.0339. The molecule has 0 amide bonds. The van der Waals surface area contributed by atoms with Gasteiger partial charge in [0.05, 0.1) is 27.7 Å². The van der Waals surface area contributed by atoms with Gasteiger partial charge in [-0.25, -0.2) is 4.57 Å². The molecule has 0 aromatic carbocycles. The maximum absolute atomic E-state index is 12.8. The maximum atomic E-state index is 12.8. The van der Waals surface area contributed by atoms with Crippen molar-refractivity contribution < 1.29 is 42.1 Å². The summed E-state index contributed by atoms with van der Waals surface area (Å²) in [7, 11) is 1.49. The van der Waals surface area contributed by atoms with E-state index in [2.05, 4.69) is 74.6 Å². The summed E-state index contributed by atoms with van der Waals surface area (Å²) >= 11 is 0. The minimum atomic E-state index is -4.38. The van der Waals surface area contributed by atoms with Crippen LogP contribution in [-0.4, -0.2) is 74.9 Å². The lowest BCUT2D eigenvalue weighted by Gasteiger charge is -2.24. The highest BCUT2D eigenvalue weighted by Crippen LogP contribution is 2.43. The SMILES string of the molecule is CC/C=C\C/C=C\C/C=C\C/C=C\C/C=C\CCCCCCCCCCCCCCCCCCCCCCCCCC(=O)OC(COC(=O)CCCCCCCCCCCC)COP(=O)(O)OCC[N+](C)(C)C. The van der Waals surface area contributed by atoms with E-state index in [1.807, 2.05) is 21.1 Å². The molecule has 10 heteroatoms. The fourth-order valence-corrected chi connectivity index (χ4v) is 9.37. The summed E-state index contributed by atoms with van der Waals surface area (Å²) in [5, 5.41) is 0. The Hall–Kier alpha value is -2.29. The van der Waals surface area contributed by atoms with Gasteiger partial charge in [-0.3, -0.25) is 18.6 Å². The number of unbranched alkanes of at least 4 members (excludes halogenated alkanes) is 32. The number of likely N-dealkylation sites (N-methyl/N-ethyl adjacent to an activating group) is 1. The van der Waals surface area contributed by atoms with Gasteiger partial charge in [-0.15, -0.1) is 0 Å². The molecular weight excluding hydrogens is 930 g/mol. The number of carbonyl (C=O) groups is 2. The number of rotatable bonds is 56. The zero-order valence-corrected chi connectivity index (χ0v) is 49.3. The Morgan fingerprint density at radius 1 is 0.438 bits per heavy atom. The summed E-state index contributed by atoms with van der Waals surface area (Å²) in [5.41, 5.74) is 0. The van der Waals surface area contributed by atoms with Gasteiger partial charge in [0.25, 0.3) is 0 Å². The fourth-order valence-electron chi connectivity index (χ4n) is 8.63. The molecule has 0 saturated heterocycles.